The first-order valence-electron chi connectivity index (χ1n) is 12.4. The fraction of sp³-hybridized carbons (Fsp3) is 0.720. The summed E-state index contributed by atoms with van der Waals surface area (Å²) in [6, 6.07) is 6.19. The second-order valence-electron chi connectivity index (χ2n) is 9.94. The number of likely N-dealkylation sites (tertiary alicyclic amines) is 1. The number of nitrogens with one attached hydrogen (secondary N) is 2. The van der Waals surface area contributed by atoms with E-state index in [1.807, 2.05) is 6.07 Å². The van der Waals surface area contributed by atoms with E-state index < -0.39 is 0 Å². The van der Waals surface area contributed by atoms with Gasteiger partial charge < -0.3 is 20.1 Å². The summed E-state index contributed by atoms with van der Waals surface area (Å²) < 4.78 is 25.1. The van der Waals surface area contributed by atoms with Crippen LogP contribution in [0.1, 0.15) is 51.0 Å². The normalized spacial score (nSPS) is 29.8. The number of aliphatic imine (C=N–C) groups is 1. The number of hydrogen-bond acceptors (Lipinski definition) is 4. The molecular formula is C25H37FN4O2. The van der Waals surface area contributed by atoms with Crippen LogP contribution in [-0.4, -0.2) is 62.4 Å². The summed E-state index contributed by atoms with van der Waals surface area (Å²) in [6.45, 7) is 6.56. The van der Waals surface area contributed by atoms with Gasteiger partial charge in [0.2, 0.25) is 0 Å². The molecular weight excluding hydrogens is 407 g/mol. The molecule has 2 saturated carbocycles. The predicted molar refractivity (Wildman–Crippen MR) is 123 cm³/mol. The minimum Gasteiger partial charge on any atom is -0.494 e. The second kappa shape index (κ2) is 9.18. The first kappa shape index (κ1) is 22.0. The Balaban J connectivity index is 1.13. The summed E-state index contributed by atoms with van der Waals surface area (Å²) in [6.07, 6.45) is 7.68. The SMILES string of the molecule is CCN=C(NC1CCN(Cc2ccc(OC)c(F)c2)CC1)NC1C2CCOC2C12CCC2. The van der Waals surface area contributed by atoms with Crippen LogP contribution in [0.2, 0.25) is 0 Å². The molecule has 5 rings (SSSR count). The number of guanidine groups is 1. The van der Waals surface area contributed by atoms with E-state index in [-0.39, 0.29) is 5.82 Å². The van der Waals surface area contributed by atoms with Gasteiger partial charge in [-0.3, -0.25) is 9.89 Å². The topological polar surface area (TPSA) is 58.1 Å². The zero-order chi connectivity index (χ0) is 22.1. The van der Waals surface area contributed by atoms with Crippen molar-refractivity contribution in [3.8, 4) is 5.75 Å². The molecule has 4 aliphatic rings. The molecule has 7 heteroatoms. The Labute approximate surface area is 190 Å². The van der Waals surface area contributed by atoms with Gasteiger partial charge in [-0.05, 0) is 56.7 Å². The lowest BCUT2D eigenvalue weighted by Crippen LogP contribution is -2.72. The molecule has 0 radical (unpaired) electrons. The Hall–Kier alpha value is -1.86. The average molecular weight is 445 g/mol. The molecule has 0 aromatic heterocycles. The van der Waals surface area contributed by atoms with Crippen LogP contribution in [0.25, 0.3) is 0 Å². The van der Waals surface area contributed by atoms with E-state index in [1.54, 1.807) is 12.1 Å². The Kier molecular flexibility index (Phi) is 6.30. The van der Waals surface area contributed by atoms with Gasteiger partial charge in [0.05, 0.1) is 13.2 Å². The Morgan fingerprint density at radius 3 is 2.72 bits per heavy atom. The summed E-state index contributed by atoms with van der Waals surface area (Å²) in [5, 5.41) is 7.55. The molecule has 1 aromatic carbocycles. The van der Waals surface area contributed by atoms with Crippen molar-refractivity contribution in [2.24, 2.45) is 16.3 Å². The first-order valence-corrected chi connectivity index (χ1v) is 12.4. The van der Waals surface area contributed by atoms with E-state index >= 15 is 0 Å². The zero-order valence-electron chi connectivity index (χ0n) is 19.4. The van der Waals surface area contributed by atoms with E-state index in [0.717, 1.165) is 57.2 Å². The largest absolute Gasteiger partial charge is 0.494 e. The van der Waals surface area contributed by atoms with Crippen LogP contribution in [0.15, 0.2) is 23.2 Å². The fourth-order valence-electron chi connectivity index (χ4n) is 6.39. The Morgan fingerprint density at radius 2 is 2.06 bits per heavy atom. The lowest BCUT2D eigenvalue weighted by Gasteiger charge is -2.63. The van der Waals surface area contributed by atoms with Crippen LogP contribution in [0, 0.1) is 17.2 Å². The molecule has 2 saturated heterocycles. The van der Waals surface area contributed by atoms with Gasteiger partial charge in [0.25, 0.3) is 0 Å². The highest BCUT2D eigenvalue weighted by atomic mass is 19.1. The van der Waals surface area contributed by atoms with Crippen molar-refractivity contribution in [1.29, 1.82) is 0 Å². The molecule has 1 spiro atoms. The van der Waals surface area contributed by atoms with Crippen molar-refractivity contribution >= 4 is 5.96 Å². The van der Waals surface area contributed by atoms with Crippen LogP contribution in [0.5, 0.6) is 5.75 Å². The Morgan fingerprint density at radius 1 is 1.25 bits per heavy atom. The van der Waals surface area contributed by atoms with E-state index in [1.165, 1.54) is 32.8 Å². The number of hydrogen-bond donors (Lipinski definition) is 2. The third kappa shape index (κ3) is 3.98. The minimum atomic E-state index is -0.289. The van der Waals surface area contributed by atoms with Gasteiger partial charge in [-0.2, -0.15) is 0 Å². The fourth-order valence-corrected chi connectivity index (χ4v) is 6.39. The van der Waals surface area contributed by atoms with Crippen LogP contribution in [0.3, 0.4) is 0 Å². The quantitative estimate of drug-likeness (QED) is 0.521. The highest BCUT2D eigenvalue weighted by molar-refractivity contribution is 5.80. The number of fused-ring (bicyclic) bond motifs is 2. The maximum atomic E-state index is 14.0. The molecule has 176 valence electrons. The molecule has 0 amide bonds. The monoisotopic (exact) mass is 444 g/mol. The molecule has 32 heavy (non-hydrogen) atoms. The number of halogens is 1. The average Bonchev–Trinajstić information content (AvgIpc) is 3.17. The molecule has 1 aromatic rings. The number of piperidine rings is 1. The maximum absolute atomic E-state index is 14.0. The van der Waals surface area contributed by atoms with Gasteiger partial charge in [0.1, 0.15) is 0 Å². The van der Waals surface area contributed by atoms with Gasteiger partial charge in [-0.1, -0.05) is 12.5 Å². The standard InChI is InChI=1S/C25H37FN4O2/c1-3-27-24(29-22-19-9-14-32-23(19)25(22)10-4-11-25)28-18-7-12-30(13-8-18)16-17-5-6-21(31-2)20(26)15-17/h5-6,15,18-19,22-23H,3-4,7-14,16H2,1-2H3,(H2,27,28,29). The third-order valence-electron chi connectivity index (χ3n) is 8.20. The van der Waals surface area contributed by atoms with Crippen molar-refractivity contribution in [1.82, 2.24) is 15.5 Å². The van der Waals surface area contributed by atoms with E-state index in [4.69, 9.17) is 14.5 Å². The van der Waals surface area contributed by atoms with Crippen molar-refractivity contribution in [3.05, 3.63) is 29.6 Å². The third-order valence-corrected chi connectivity index (χ3v) is 8.20. The molecule has 2 aliphatic heterocycles. The van der Waals surface area contributed by atoms with E-state index in [0.29, 0.717) is 35.3 Å². The lowest BCUT2D eigenvalue weighted by atomic mass is 9.46. The lowest BCUT2D eigenvalue weighted by molar-refractivity contribution is -0.171. The van der Waals surface area contributed by atoms with Gasteiger partial charge in [0.15, 0.2) is 17.5 Å². The molecule has 2 aliphatic carbocycles. The second-order valence-corrected chi connectivity index (χ2v) is 9.94. The van der Waals surface area contributed by atoms with Gasteiger partial charge in [-0.25, -0.2) is 4.39 Å². The van der Waals surface area contributed by atoms with Gasteiger partial charge >= 0.3 is 0 Å². The summed E-state index contributed by atoms with van der Waals surface area (Å²) in [7, 11) is 1.50. The number of benzene rings is 1. The van der Waals surface area contributed by atoms with Crippen LogP contribution < -0.4 is 15.4 Å². The molecule has 2 N–H and O–H groups in total. The number of methoxy groups -OCH3 is 1. The molecule has 3 atom stereocenters. The molecule has 3 unspecified atom stereocenters. The van der Waals surface area contributed by atoms with Gasteiger partial charge in [0, 0.05) is 56.2 Å². The van der Waals surface area contributed by atoms with E-state index in [2.05, 4.69) is 22.5 Å². The minimum absolute atomic E-state index is 0.289. The van der Waals surface area contributed by atoms with Crippen molar-refractivity contribution < 1.29 is 13.9 Å². The molecule has 4 fully saturated rings. The summed E-state index contributed by atoms with van der Waals surface area (Å²) >= 11 is 0. The van der Waals surface area contributed by atoms with Crippen LogP contribution >= 0.6 is 0 Å². The Bertz CT molecular complexity index is 835. The van der Waals surface area contributed by atoms with Crippen LogP contribution in [0.4, 0.5) is 4.39 Å². The summed E-state index contributed by atoms with van der Waals surface area (Å²) in [5.74, 6) is 1.64. The highest BCUT2D eigenvalue weighted by Gasteiger charge is 2.66. The number of nitrogens with zero attached hydrogens (tertiary/aromatic N) is 2. The van der Waals surface area contributed by atoms with Gasteiger partial charge in [-0.15, -0.1) is 0 Å². The number of ether oxygens (including phenoxy) is 2. The smallest absolute Gasteiger partial charge is 0.191 e. The molecule has 2 heterocycles. The van der Waals surface area contributed by atoms with Crippen molar-refractivity contribution in [2.75, 3.05) is 33.4 Å². The first-order chi connectivity index (χ1) is 15.6. The van der Waals surface area contributed by atoms with Crippen molar-refractivity contribution in [3.63, 3.8) is 0 Å². The van der Waals surface area contributed by atoms with E-state index in [9.17, 15) is 4.39 Å². The number of rotatable bonds is 6. The highest BCUT2D eigenvalue weighted by Crippen LogP contribution is 2.62. The summed E-state index contributed by atoms with van der Waals surface area (Å²) in [4.78, 5) is 7.18. The zero-order valence-corrected chi connectivity index (χ0v) is 19.4. The maximum Gasteiger partial charge on any atom is 0.191 e. The summed E-state index contributed by atoms with van der Waals surface area (Å²) in [5.41, 5.74) is 1.35. The molecule has 0 bridgehead atoms. The van der Waals surface area contributed by atoms with Crippen molar-refractivity contribution in [2.45, 2.75) is 70.2 Å². The molecule has 6 nitrogen and oxygen atoms in total. The predicted octanol–water partition coefficient (Wildman–Crippen LogP) is 3.31. The van der Waals surface area contributed by atoms with Crippen LogP contribution in [-0.2, 0) is 11.3 Å².